The third-order valence-electron chi connectivity index (χ3n) is 6.78. The molecule has 2 heterocycles. The summed E-state index contributed by atoms with van der Waals surface area (Å²) in [6, 6.07) is 10.3. The Balaban J connectivity index is 1.61. The Morgan fingerprint density at radius 3 is 2.74 bits per heavy atom. The topological polar surface area (TPSA) is 54.3 Å². The molecule has 1 atom stereocenters. The van der Waals surface area contributed by atoms with Gasteiger partial charge in [-0.3, -0.25) is 9.59 Å². The lowest BCUT2D eigenvalue weighted by molar-refractivity contribution is -0.133. The minimum absolute atomic E-state index is 0.00241. The number of carbonyl (C=O) groups is 2. The predicted octanol–water partition coefficient (Wildman–Crippen LogP) is 4.84. The highest BCUT2D eigenvalue weighted by molar-refractivity contribution is 7.99. The average molecular weight is 442 g/mol. The van der Waals surface area contributed by atoms with Gasteiger partial charge in [-0.1, -0.05) is 44.4 Å². The molecule has 2 aliphatic rings. The van der Waals surface area contributed by atoms with Gasteiger partial charge in [0.05, 0.1) is 6.54 Å². The molecule has 6 heteroatoms. The highest BCUT2D eigenvalue weighted by Crippen LogP contribution is 2.33. The SMILES string of the molecule is CCCSCCCN1C(=O)c2cc3ccccc3n2CC1(C)C(=O)NC1CCCCC1. The van der Waals surface area contributed by atoms with Gasteiger partial charge in [0.1, 0.15) is 11.2 Å². The molecule has 1 aromatic heterocycles. The third kappa shape index (κ3) is 4.50. The van der Waals surface area contributed by atoms with Gasteiger partial charge in [-0.05, 0) is 56.2 Å². The van der Waals surface area contributed by atoms with Crippen molar-refractivity contribution in [1.29, 1.82) is 0 Å². The van der Waals surface area contributed by atoms with Crippen LogP contribution in [0.2, 0.25) is 0 Å². The summed E-state index contributed by atoms with van der Waals surface area (Å²) in [7, 11) is 0. The van der Waals surface area contributed by atoms with E-state index >= 15 is 0 Å². The number of amides is 2. The number of para-hydroxylation sites is 1. The van der Waals surface area contributed by atoms with Crippen molar-refractivity contribution < 1.29 is 9.59 Å². The second-order valence-corrected chi connectivity index (χ2v) is 10.4. The molecular weight excluding hydrogens is 406 g/mol. The minimum Gasteiger partial charge on any atom is -0.351 e. The summed E-state index contributed by atoms with van der Waals surface area (Å²) in [4.78, 5) is 29.1. The van der Waals surface area contributed by atoms with E-state index < -0.39 is 5.54 Å². The van der Waals surface area contributed by atoms with Crippen LogP contribution in [0.15, 0.2) is 30.3 Å². The van der Waals surface area contributed by atoms with E-state index in [0.717, 1.165) is 48.1 Å². The number of carbonyl (C=O) groups excluding carboxylic acids is 2. The number of nitrogens with one attached hydrogen (secondary N) is 1. The molecule has 31 heavy (non-hydrogen) atoms. The molecule has 1 aliphatic heterocycles. The van der Waals surface area contributed by atoms with Crippen LogP contribution in [0, 0.1) is 0 Å². The van der Waals surface area contributed by atoms with Crippen molar-refractivity contribution in [3.63, 3.8) is 0 Å². The van der Waals surface area contributed by atoms with Crippen molar-refractivity contribution in [3.05, 3.63) is 36.0 Å². The molecule has 1 aromatic carbocycles. The number of rotatable bonds is 8. The van der Waals surface area contributed by atoms with E-state index in [9.17, 15) is 9.59 Å². The Bertz CT molecular complexity index is 934. The maximum atomic E-state index is 13.6. The molecule has 2 amide bonds. The fraction of sp³-hybridized carbons (Fsp3) is 0.600. The molecule has 0 spiro atoms. The number of aromatic nitrogens is 1. The predicted molar refractivity (Wildman–Crippen MR) is 129 cm³/mol. The average Bonchev–Trinajstić information content (AvgIpc) is 3.15. The first-order valence-corrected chi connectivity index (χ1v) is 13.0. The summed E-state index contributed by atoms with van der Waals surface area (Å²) >= 11 is 1.93. The van der Waals surface area contributed by atoms with Gasteiger partial charge in [-0.25, -0.2) is 0 Å². The van der Waals surface area contributed by atoms with Gasteiger partial charge in [0.25, 0.3) is 5.91 Å². The number of hydrogen-bond acceptors (Lipinski definition) is 3. The zero-order chi connectivity index (χ0) is 21.8. The number of nitrogens with zero attached hydrogens (tertiary/aromatic N) is 2. The Labute approximate surface area is 189 Å². The van der Waals surface area contributed by atoms with Crippen LogP contribution in [0.4, 0.5) is 0 Å². The summed E-state index contributed by atoms with van der Waals surface area (Å²) in [5.41, 5.74) is 0.852. The maximum Gasteiger partial charge on any atom is 0.271 e. The fourth-order valence-electron chi connectivity index (χ4n) is 5.02. The highest BCUT2D eigenvalue weighted by Gasteiger charge is 2.47. The molecule has 5 nitrogen and oxygen atoms in total. The molecule has 1 fully saturated rings. The van der Waals surface area contributed by atoms with Crippen LogP contribution in [0.1, 0.15) is 69.3 Å². The lowest BCUT2D eigenvalue weighted by Crippen LogP contribution is -2.65. The Hall–Kier alpha value is -1.95. The third-order valence-corrected chi connectivity index (χ3v) is 8.06. The molecule has 2 aromatic rings. The van der Waals surface area contributed by atoms with Crippen LogP contribution < -0.4 is 5.32 Å². The van der Waals surface area contributed by atoms with Crippen molar-refractivity contribution in [2.24, 2.45) is 0 Å². The van der Waals surface area contributed by atoms with Crippen molar-refractivity contribution in [2.75, 3.05) is 18.1 Å². The number of hydrogen-bond donors (Lipinski definition) is 1. The summed E-state index contributed by atoms with van der Waals surface area (Å²) in [6.07, 6.45) is 7.75. The van der Waals surface area contributed by atoms with E-state index in [0.29, 0.717) is 18.8 Å². The van der Waals surface area contributed by atoms with Gasteiger partial charge in [-0.2, -0.15) is 11.8 Å². The summed E-state index contributed by atoms with van der Waals surface area (Å²) in [5.74, 6) is 2.13. The normalized spacial score (nSPS) is 22.0. The van der Waals surface area contributed by atoms with Gasteiger partial charge >= 0.3 is 0 Å². The van der Waals surface area contributed by atoms with Gasteiger partial charge in [-0.15, -0.1) is 0 Å². The van der Waals surface area contributed by atoms with Crippen LogP contribution in [-0.2, 0) is 11.3 Å². The van der Waals surface area contributed by atoms with Crippen molar-refractivity contribution >= 4 is 34.5 Å². The molecule has 0 radical (unpaired) electrons. The quantitative estimate of drug-likeness (QED) is 0.597. The van der Waals surface area contributed by atoms with Crippen molar-refractivity contribution in [1.82, 2.24) is 14.8 Å². The number of benzene rings is 1. The first kappa shape index (κ1) is 22.3. The zero-order valence-corrected chi connectivity index (χ0v) is 19.7. The van der Waals surface area contributed by atoms with Crippen LogP contribution in [-0.4, -0.2) is 50.9 Å². The summed E-state index contributed by atoms with van der Waals surface area (Å²) in [6.45, 7) is 5.26. The largest absolute Gasteiger partial charge is 0.351 e. The Morgan fingerprint density at radius 2 is 1.97 bits per heavy atom. The number of fused-ring (bicyclic) bond motifs is 3. The van der Waals surface area contributed by atoms with Gasteiger partial charge < -0.3 is 14.8 Å². The fourth-order valence-corrected chi connectivity index (χ4v) is 5.84. The smallest absolute Gasteiger partial charge is 0.271 e. The lowest BCUT2D eigenvalue weighted by atomic mass is 9.91. The van der Waals surface area contributed by atoms with Crippen molar-refractivity contribution in [3.8, 4) is 0 Å². The van der Waals surface area contributed by atoms with Crippen LogP contribution >= 0.6 is 11.8 Å². The molecular formula is C25H35N3O2S. The minimum atomic E-state index is -0.876. The first-order valence-electron chi connectivity index (χ1n) is 11.8. The monoisotopic (exact) mass is 441 g/mol. The Kier molecular flexibility index (Phi) is 6.95. The van der Waals surface area contributed by atoms with E-state index in [1.807, 2.05) is 53.9 Å². The van der Waals surface area contributed by atoms with Crippen LogP contribution in [0.3, 0.4) is 0 Å². The molecule has 1 N–H and O–H groups in total. The molecule has 1 unspecified atom stereocenters. The maximum absolute atomic E-state index is 13.6. The lowest BCUT2D eigenvalue weighted by Gasteiger charge is -2.45. The van der Waals surface area contributed by atoms with Gasteiger partial charge in [0.2, 0.25) is 5.91 Å². The van der Waals surface area contributed by atoms with Crippen LogP contribution in [0.25, 0.3) is 10.9 Å². The second-order valence-electron chi connectivity index (χ2n) is 9.18. The number of thioether (sulfide) groups is 1. The van der Waals surface area contributed by atoms with E-state index in [2.05, 4.69) is 16.8 Å². The molecule has 0 bridgehead atoms. The first-order chi connectivity index (χ1) is 15.0. The van der Waals surface area contributed by atoms with E-state index in [4.69, 9.17) is 0 Å². The zero-order valence-electron chi connectivity index (χ0n) is 18.9. The van der Waals surface area contributed by atoms with Crippen molar-refractivity contribution in [2.45, 2.75) is 76.9 Å². The molecule has 1 saturated carbocycles. The van der Waals surface area contributed by atoms with Gasteiger partial charge in [0.15, 0.2) is 0 Å². The van der Waals surface area contributed by atoms with E-state index in [-0.39, 0.29) is 17.9 Å². The molecule has 168 valence electrons. The molecule has 0 saturated heterocycles. The summed E-state index contributed by atoms with van der Waals surface area (Å²) in [5, 5.41) is 4.37. The van der Waals surface area contributed by atoms with E-state index in [1.165, 1.54) is 19.3 Å². The highest BCUT2D eigenvalue weighted by atomic mass is 32.2. The molecule has 4 rings (SSSR count). The Morgan fingerprint density at radius 1 is 1.19 bits per heavy atom. The second kappa shape index (κ2) is 9.68. The molecule has 1 aliphatic carbocycles. The van der Waals surface area contributed by atoms with Crippen LogP contribution in [0.5, 0.6) is 0 Å². The standard InChI is InChI=1S/C25H35N3O2S/c1-3-15-31-16-9-14-28-23(29)22-17-19-10-7-8-13-21(19)27(22)18-25(28,2)24(30)26-20-11-5-4-6-12-20/h7-8,10,13,17,20H,3-6,9,11-12,14-16,18H2,1-2H3,(H,26,30). The van der Waals surface area contributed by atoms with E-state index in [1.54, 1.807) is 0 Å². The van der Waals surface area contributed by atoms with Gasteiger partial charge in [0, 0.05) is 23.5 Å². The summed E-state index contributed by atoms with van der Waals surface area (Å²) < 4.78 is 2.06.